The Hall–Kier alpha value is -0.830. The first kappa shape index (κ1) is 9.71. The predicted octanol–water partition coefficient (Wildman–Crippen LogP) is 1.95. The van der Waals surface area contributed by atoms with Gasteiger partial charge in [0.15, 0.2) is 0 Å². The summed E-state index contributed by atoms with van der Waals surface area (Å²) < 4.78 is 5.32. The van der Waals surface area contributed by atoms with Gasteiger partial charge in [-0.05, 0) is 25.3 Å². The summed E-state index contributed by atoms with van der Waals surface area (Å²) in [6, 6.07) is 0. The molecule has 1 aromatic rings. The van der Waals surface area contributed by atoms with Gasteiger partial charge in [0.05, 0.1) is 6.20 Å². The lowest BCUT2D eigenvalue weighted by atomic mass is 9.72. The van der Waals surface area contributed by atoms with Gasteiger partial charge in [-0.25, -0.2) is 0 Å². The van der Waals surface area contributed by atoms with E-state index in [9.17, 15) is 0 Å². The fourth-order valence-corrected chi connectivity index (χ4v) is 2.50. The molecule has 3 nitrogen and oxygen atoms in total. The van der Waals surface area contributed by atoms with E-state index in [0.29, 0.717) is 11.3 Å². The fraction of sp³-hybridized carbons (Fsp3) is 0.727. The number of nitrogens with one attached hydrogen (secondary N) is 1. The van der Waals surface area contributed by atoms with Crippen molar-refractivity contribution >= 4 is 0 Å². The third-order valence-corrected chi connectivity index (χ3v) is 2.97. The molecule has 0 aromatic carbocycles. The highest BCUT2D eigenvalue weighted by Crippen LogP contribution is 2.41. The Labute approximate surface area is 84.9 Å². The molecule has 0 aliphatic heterocycles. The largest absolute Gasteiger partial charge is 0.361 e. The molecule has 3 heteroatoms. The molecule has 1 aliphatic rings. The molecule has 0 radical (unpaired) electrons. The lowest BCUT2D eigenvalue weighted by Crippen LogP contribution is -2.29. The molecule has 1 aliphatic carbocycles. The molecule has 78 valence electrons. The zero-order valence-electron chi connectivity index (χ0n) is 9.13. The van der Waals surface area contributed by atoms with Crippen molar-refractivity contribution in [1.82, 2.24) is 10.5 Å². The van der Waals surface area contributed by atoms with Crippen LogP contribution in [-0.2, 0) is 6.42 Å². The minimum absolute atomic E-state index is 0.375. The number of aromatic nitrogens is 1. The van der Waals surface area contributed by atoms with Crippen molar-refractivity contribution in [2.45, 2.75) is 32.6 Å². The van der Waals surface area contributed by atoms with Crippen molar-refractivity contribution in [2.75, 3.05) is 13.6 Å². The third kappa shape index (κ3) is 1.69. The van der Waals surface area contributed by atoms with E-state index < -0.39 is 0 Å². The normalized spacial score (nSPS) is 24.6. The highest BCUT2D eigenvalue weighted by molar-refractivity contribution is 5.23. The van der Waals surface area contributed by atoms with Crippen LogP contribution in [0.5, 0.6) is 0 Å². The monoisotopic (exact) mass is 194 g/mol. The van der Waals surface area contributed by atoms with Gasteiger partial charge in [0.1, 0.15) is 5.76 Å². The van der Waals surface area contributed by atoms with E-state index in [1.165, 1.54) is 12.0 Å². The Morgan fingerprint density at radius 1 is 1.64 bits per heavy atom. The molecule has 0 amide bonds. The van der Waals surface area contributed by atoms with Gasteiger partial charge in [-0.15, -0.1) is 0 Å². The molecule has 2 rings (SSSR count). The maximum atomic E-state index is 5.32. The number of rotatable bonds is 2. The second-order valence-corrected chi connectivity index (χ2v) is 5.02. The minimum atomic E-state index is 0.375. The SMILES string of the molecule is CNCC1CC(C)(C)Cc2cnoc21. The topological polar surface area (TPSA) is 38.1 Å². The average molecular weight is 194 g/mol. The van der Waals surface area contributed by atoms with Crippen LogP contribution in [0.4, 0.5) is 0 Å². The first-order valence-electron chi connectivity index (χ1n) is 5.20. The zero-order chi connectivity index (χ0) is 10.2. The van der Waals surface area contributed by atoms with Gasteiger partial charge in [0, 0.05) is 18.0 Å². The lowest BCUT2D eigenvalue weighted by Gasteiger charge is -2.33. The van der Waals surface area contributed by atoms with E-state index in [1.807, 2.05) is 13.2 Å². The van der Waals surface area contributed by atoms with Gasteiger partial charge in [0.25, 0.3) is 0 Å². The van der Waals surface area contributed by atoms with Gasteiger partial charge < -0.3 is 9.84 Å². The molecule has 0 saturated carbocycles. The van der Waals surface area contributed by atoms with E-state index in [2.05, 4.69) is 24.3 Å². The molecule has 1 aromatic heterocycles. The molecule has 0 bridgehead atoms. The summed E-state index contributed by atoms with van der Waals surface area (Å²) in [5.74, 6) is 1.58. The Morgan fingerprint density at radius 2 is 2.43 bits per heavy atom. The molecule has 1 N–H and O–H groups in total. The number of hydrogen-bond donors (Lipinski definition) is 1. The van der Waals surface area contributed by atoms with Crippen molar-refractivity contribution in [2.24, 2.45) is 5.41 Å². The summed E-state index contributed by atoms with van der Waals surface area (Å²) in [6.45, 7) is 5.60. The van der Waals surface area contributed by atoms with Gasteiger partial charge in [-0.3, -0.25) is 0 Å². The standard InChI is InChI=1S/C11H18N2O/c1-11(2)4-8(6-12-3)10-9(5-11)7-13-14-10/h7-8,12H,4-6H2,1-3H3. The van der Waals surface area contributed by atoms with Gasteiger partial charge in [0.2, 0.25) is 0 Å². The number of hydrogen-bond acceptors (Lipinski definition) is 3. The van der Waals surface area contributed by atoms with E-state index in [1.54, 1.807) is 0 Å². The van der Waals surface area contributed by atoms with Crippen LogP contribution in [0.25, 0.3) is 0 Å². The molecule has 0 saturated heterocycles. The molecule has 0 fully saturated rings. The maximum Gasteiger partial charge on any atom is 0.144 e. The Morgan fingerprint density at radius 3 is 3.14 bits per heavy atom. The van der Waals surface area contributed by atoms with Crippen molar-refractivity contribution in [3.05, 3.63) is 17.5 Å². The number of likely N-dealkylation sites (N-methyl/N-ethyl adjacent to an activating group) is 1. The summed E-state index contributed by atoms with van der Waals surface area (Å²) in [6.07, 6.45) is 4.14. The summed E-state index contributed by atoms with van der Waals surface area (Å²) in [4.78, 5) is 0. The smallest absolute Gasteiger partial charge is 0.144 e. The molecule has 14 heavy (non-hydrogen) atoms. The number of nitrogens with zero attached hydrogens (tertiary/aromatic N) is 1. The zero-order valence-corrected chi connectivity index (χ0v) is 9.13. The fourth-order valence-electron chi connectivity index (χ4n) is 2.50. The van der Waals surface area contributed by atoms with Crippen molar-refractivity contribution in [3.8, 4) is 0 Å². The molecular formula is C11H18N2O. The summed E-state index contributed by atoms with van der Waals surface area (Å²) in [7, 11) is 1.98. The van der Waals surface area contributed by atoms with Crippen LogP contribution in [0.1, 0.15) is 37.5 Å². The third-order valence-electron chi connectivity index (χ3n) is 2.97. The first-order chi connectivity index (χ1) is 6.62. The lowest BCUT2D eigenvalue weighted by molar-refractivity contribution is 0.240. The Kier molecular flexibility index (Phi) is 2.35. The van der Waals surface area contributed by atoms with E-state index >= 15 is 0 Å². The van der Waals surface area contributed by atoms with Crippen LogP contribution in [0, 0.1) is 5.41 Å². The van der Waals surface area contributed by atoms with Crippen LogP contribution in [-0.4, -0.2) is 18.7 Å². The quantitative estimate of drug-likeness (QED) is 0.782. The maximum absolute atomic E-state index is 5.32. The van der Waals surface area contributed by atoms with Gasteiger partial charge >= 0.3 is 0 Å². The van der Waals surface area contributed by atoms with Crippen molar-refractivity contribution in [3.63, 3.8) is 0 Å². The Bertz CT molecular complexity index is 317. The van der Waals surface area contributed by atoms with Crippen LogP contribution in [0.3, 0.4) is 0 Å². The summed E-state index contributed by atoms with van der Waals surface area (Å²) >= 11 is 0. The molecular weight excluding hydrogens is 176 g/mol. The van der Waals surface area contributed by atoms with Crippen LogP contribution in [0.2, 0.25) is 0 Å². The second kappa shape index (κ2) is 3.39. The van der Waals surface area contributed by atoms with Crippen molar-refractivity contribution in [1.29, 1.82) is 0 Å². The van der Waals surface area contributed by atoms with E-state index in [0.717, 1.165) is 18.7 Å². The van der Waals surface area contributed by atoms with Crippen LogP contribution < -0.4 is 5.32 Å². The van der Waals surface area contributed by atoms with Crippen LogP contribution >= 0.6 is 0 Å². The van der Waals surface area contributed by atoms with Gasteiger partial charge in [-0.2, -0.15) is 0 Å². The predicted molar refractivity (Wildman–Crippen MR) is 55.3 cm³/mol. The highest BCUT2D eigenvalue weighted by Gasteiger charge is 2.34. The van der Waals surface area contributed by atoms with Gasteiger partial charge in [-0.1, -0.05) is 19.0 Å². The molecule has 1 heterocycles. The van der Waals surface area contributed by atoms with E-state index in [-0.39, 0.29) is 0 Å². The minimum Gasteiger partial charge on any atom is -0.361 e. The highest BCUT2D eigenvalue weighted by atomic mass is 16.5. The van der Waals surface area contributed by atoms with E-state index in [4.69, 9.17) is 4.52 Å². The molecule has 1 atom stereocenters. The molecule has 1 unspecified atom stereocenters. The summed E-state index contributed by atoms with van der Waals surface area (Å²) in [5.41, 5.74) is 1.67. The van der Waals surface area contributed by atoms with Crippen molar-refractivity contribution < 1.29 is 4.52 Å². The van der Waals surface area contributed by atoms with Crippen LogP contribution in [0.15, 0.2) is 10.7 Å². The first-order valence-corrected chi connectivity index (χ1v) is 5.20. The Balaban J connectivity index is 2.28. The average Bonchev–Trinajstić information content (AvgIpc) is 2.50. The number of fused-ring (bicyclic) bond motifs is 1. The second-order valence-electron chi connectivity index (χ2n) is 5.02. The molecule has 0 spiro atoms. The summed E-state index contributed by atoms with van der Waals surface area (Å²) in [5, 5.41) is 7.12.